The molecule has 1 fully saturated rings. The van der Waals surface area contributed by atoms with Crippen LogP contribution in [-0.4, -0.2) is 26.1 Å². The first kappa shape index (κ1) is 15.3. The van der Waals surface area contributed by atoms with Gasteiger partial charge in [0.2, 0.25) is 10.0 Å². The molecule has 1 unspecified atom stereocenters. The molecule has 0 aromatic carbocycles. The van der Waals surface area contributed by atoms with Gasteiger partial charge in [-0.1, -0.05) is 19.3 Å². The first-order valence-electron chi connectivity index (χ1n) is 6.59. The van der Waals surface area contributed by atoms with Gasteiger partial charge < -0.3 is 0 Å². The van der Waals surface area contributed by atoms with E-state index in [4.69, 9.17) is 11.6 Å². The van der Waals surface area contributed by atoms with Crippen LogP contribution >= 0.6 is 11.6 Å². The monoisotopic (exact) mass is 281 g/mol. The van der Waals surface area contributed by atoms with E-state index in [1.54, 1.807) is 0 Å². The van der Waals surface area contributed by atoms with Crippen LogP contribution in [0.5, 0.6) is 0 Å². The smallest absolute Gasteiger partial charge is 0.212 e. The van der Waals surface area contributed by atoms with Gasteiger partial charge in [0, 0.05) is 11.9 Å². The molecule has 1 saturated carbocycles. The Balaban J connectivity index is 2.33. The van der Waals surface area contributed by atoms with E-state index in [0.717, 1.165) is 25.7 Å². The number of rotatable bonds is 7. The van der Waals surface area contributed by atoms with Crippen molar-refractivity contribution in [2.45, 2.75) is 57.9 Å². The minimum atomic E-state index is -3.10. The first-order chi connectivity index (χ1) is 8.03. The Bertz CT molecular complexity index is 300. The lowest BCUT2D eigenvalue weighted by Gasteiger charge is -2.22. The molecule has 0 amide bonds. The Morgan fingerprint density at radius 2 is 1.94 bits per heavy atom. The summed E-state index contributed by atoms with van der Waals surface area (Å²) in [7, 11) is -3.10. The summed E-state index contributed by atoms with van der Waals surface area (Å²) in [5.74, 6) is 1.26. The average molecular weight is 282 g/mol. The third-order valence-electron chi connectivity index (χ3n) is 3.33. The van der Waals surface area contributed by atoms with Gasteiger partial charge in [-0.2, -0.15) is 0 Å². The third kappa shape index (κ3) is 6.63. The highest BCUT2D eigenvalue weighted by atomic mass is 35.5. The molecule has 0 spiro atoms. The summed E-state index contributed by atoms with van der Waals surface area (Å²) in [6.07, 6.45) is 7.43. The largest absolute Gasteiger partial charge is 0.212 e. The van der Waals surface area contributed by atoms with Gasteiger partial charge in [0.05, 0.1) is 5.75 Å². The fraction of sp³-hybridized carbons (Fsp3) is 1.00. The number of halogens is 1. The van der Waals surface area contributed by atoms with Crippen LogP contribution in [0.25, 0.3) is 0 Å². The highest BCUT2D eigenvalue weighted by molar-refractivity contribution is 7.89. The van der Waals surface area contributed by atoms with E-state index >= 15 is 0 Å². The molecular formula is C12H24ClNO2S. The Labute approximate surface area is 110 Å². The number of hydrogen-bond acceptors (Lipinski definition) is 2. The van der Waals surface area contributed by atoms with Crippen molar-refractivity contribution in [2.75, 3.05) is 11.6 Å². The predicted octanol–water partition coefficient (Wildman–Crippen LogP) is 2.89. The van der Waals surface area contributed by atoms with Gasteiger partial charge in [0.1, 0.15) is 0 Å². The molecule has 1 aliphatic rings. The summed E-state index contributed by atoms with van der Waals surface area (Å²) in [6, 6.07) is 0.00217. The van der Waals surface area contributed by atoms with Crippen LogP contribution in [0.15, 0.2) is 0 Å². The zero-order valence-electron chi connectivity index (χ0n) is 10.6. The van der Waals surface area contributed by atoms with E-state index in [9.17, 15) is 8.42 Å². The fourth-order valence-electron chi connectivity index (χ4n) is 2.46. The Hall–Kier alpha value is 0.200. The molecule has 5 heteroatoms. The maximum absolute atomic E-state index is 11.9. The molecular weight excluding hydrogens is 258 g/mol. The molecule has 0 bridgehead atoms. The topological polar surface area (TPSA) is 46.2 Å². The Morgan fingerprint density at radius 1 is 1.29 bits per heavy atom. The average Bonchev–Trinajstić information content (AvgIpc) is 2.26. The third-order valence-corrected chi connectivity index (χ3v) is 5.27. The summed E-state index contributed by atoms with van der Waals surface area (Å²) >= 11 is 5.60. The molecule has 0 aromatic heterocycles. The molecule has 102 valence electrons. The molecule has 1 rings (SSSR count). The molecule has 1 aliphatic carbocycles. The second-order valence-corrected chi connectivity index (χ2v) is 7.31. The first-order valence-corrected chi connectivity index (χ1v) is 8.78. The van der Waals surface area contributed by atoms with Crippen molar-refractivity contribution in [1.29, 1.82) is 0 Å². The molecule has 0 radical (unpaired) electrons. The molecule has 0 aromatic rings. The van der Waals surface area contributed by atoms with Crippen molar-refractivity contribution in [3.05, 3.63) is 0 Å². The van der Waals surface area contributed by atoms with Crippen LogP contribution < -0.4 is 4.72 Å². The SMILES string of the molecule is CC(CCCCl)NS(=O)(=O)CC1CCCCC1. The summed E-state index contributed by atoms with van der Waals surface area (Å²) in [6.45, 7) is 1.91. The summed E-state index contributed by atoms with van der Waals surface area (Å²) < 4.78 is 26.6. The predicted molar refractivity (Wildman–Crippen MR) is 72.9 cm³/mol. The number of hydrogen-bond donors (Lipinski definition) is 1. The van der Waals surface area contributed by atoms with Crippen LogP contribution in [0, 0.1) is 5.92 Å². The fourth-order valence-corrected chi connectivity index (χ4v) is 4.40. The summed E-state index contributed by atoms with van der Waals surface area (Å²) in [5, 5.41) is 0. The lowest BCUT2D eigenvalue weighted by atomic mass is 9.91. The zero-order chi connectivity index (χ0) is 12.7. The number of nitrogens with one attached hydrogen (secondary N) is 1. The highest BCUT2D eigenvalue weighted by Crippen LogP contribution is 2.24. The molecule has 1 N–H and O–H groups in total. The van der Waals surface area contributed by atoms with Crippen molar-refractivity contribution in [1.82, 2.24) is 4.72 Å². The Kier molecular flexibility index (Phi) is 6.82. The molecule has 3 nitrogen and oxygen atoms in total. The van der Waals surface area contributed by atoms with E-state index in [2.05, 4.69) is 4.72 Å². The van der Waals surface area contributed by atoms with Crippen molar-refractivity contribution >= 4 is 21.6 Å². The van der Waals surface area contributed by atoms with Crippen LogP contribution in [0.3, 0.4) is 0 Å². The van der Waals surface area contributed by atoms with Gasteiger partial charge >= 0.3 is 0 Å². The molecule has 0 saturated heterocycles. The normalized spacial score (nSPS) is 20.4. The second-order valence-electron chi connectivity index (χ2n) is 5.14. The number of sulfonamides is 1. The Morgan fingerprint density at radius 3 is 2.53 bits per heavy atom. The van der Waals surface area contributed by atoms with E-state index in [-0.39, 0.29) is 6.04 Å². The summed E-state index contributed by atoms with van der Waals surface area (Å²) in [5.41, 5.74) is 0. The van der Waals surface area contributed by atoms with E-state index < -0.39 is 10.0 Å². The van der Waals surface area contributed by atoms with Gasteiger partial charge in [-0.05, 0) is 38.5 Å². The molecule has 0 aliphatic heterocycles. The zero-order valence-corrected chi connectivity index (χ0v) is 12.2. The van der Waals surface area contributed by atoms with Crippen LogP contribution in [-0.2, 0) is 10.0 Å². The maximum Gasteiger partial charge on any atom is 0.212 e. The van der Waals surface area contributed by atoms with Gasteiger partial charge in [-0.3, -0.25) is 0 Å². The molecule has 1 atom stereocenters. The van der Waals surface area contributed by atoms with Gasteiger partial charge in [0.25, 0.3) is 0 Å². The molecule has 0 heterocycles. The standard InChI is InChI=1S/C12H24ClNO2S/c1-11(6-5-9-13)14-17(15,16)10-12-7-3-2-4-8-12/h11-12,14H,2-10H2,1H3. The van der Waals surface area contributed by atoms with Crippen LogP contribution in [0.4, 0.5) is 0 Å². The summed E-state index contributed by atoms with van der Waals surface area (Å²) in [4.78, 5) is 0. The van der Waals surface area contributed by atoms with Gasteiger partial charge in [0.15, 0.2) is 0 Å². The van der Waals surface area contributed by atoms with E-state index in [1.807, 2.05) is 6.92 Å². The second kappa shape index (κ2) is 7.59. The minimum Gasteiger partial charge on any atom is -0.212 e. The lowest BCUT2D eigenvalue weighted by Crippen LogP contribution is -2.36. The highest BCUT2D eigenvalue weighted by Gasteiger charge is 2.22. The van der Waals surface area contributed by atoms with E-state index in [0.29, 0.717) is 17.6 Å². The quantitative estimate of drug-likeness (QED) is 0.730. The van der Waals surface area contributed by atoms with Crippen LogP contribution in [0.2, 0.25) is 0 Å². The van der Waals surface area contributed by atoms with Gasteiger partial charge in [-0.15, -0.1) is 11.6 Å². The van der Waals surface area contributed by atoms with E-state index in [1.165, 1.54) is 19.3 Å². The van der Waals surface area contributed by atoms with Crippen molar-refractivity contribution in [3.63, 3.8) is 0 Å². The number of alkyl halides is 1. The van der Waals surface area contributed by atoms with Crippen molar-refractivity contribution < 1.29 is 8.42 Å². The van der Waals surface area contributed by atoms with Crippen molar-refractivity contribution in [3.8, 4) is 0 Å². The molecule has 17 heavy (non-hydrogen) atoms. The van der Waals surface area contributed by atoms with Crippen molar-refractivity contribution in [2.24, 2.45) is 5.92 Å². The van der Waals surface area contributed by atoms with Gasteiger partial charge in [-0.25, -0.2) is 13.1 Å². The minimum absolute atomic E-state index is 0.00217. The maximum atomic E-state index is 11.9. The lowest BCUT2D eigenvalue weighted by molar-refractivity contribution is 0.383. The van der Waals surface area contributed by atoms with Crippen LogP contribution in [0.1, 0.15) is 51.9 Å².